The number of methoxy groups -OCH3 is 1. The molecule has 0 spiro atoms. The highest BCUT2D eigenvalue weighted by Gasteiger charge is 2.07. The van der Waals surface area contributed by atoms with Crippen molar-refractivity contribution in [1.82, 2.24) is 24.1 Å². The molecule has 0 aromatic carbocycles. The van der Waals surface area contributed by atoms with E-state index in [4.69, 9.17) is 17.0 Å². The topological polar surface area (TPSA) is 60.7 Å². The number of nitrogens with zero attached hydrogens (tertiary/aromatic N) is 4. The predicted octanol–water partition coefficient (Wildman–Crippen LogP) is 2.39. The Hall–Kier alpha value is -2.15. The summed E-state index contributed by atoms with van der Waals surface area (Å²) in [5.41, 5.74) is 1.76. The Bertz CT molecular complexity index is 759. The van der Waals surface area contributed by atoms with Crippen LogP contribution in [0.25, 0.3) is 11.2 Å². The first-order chi connectivity index (χ1) is 9.78. The van der Waals surface area contributed by atoms with E-state index < -0.39 is 0 Å². The van der Waals surface area contributed by atoms with Gasteiger partial charge in [0.25, 0.3) is 0 Å². The van der Waals surface area contributed by atoms with E-state index in [1.807, 2.05) is 33.8 Å². The second-order valence-corrected chi connectivity index (χ2v) is 4.85. The molecule has 104 valence electrons. The molecule has 0 amide bonds. The molecule has 1 N–H and O–H groups in total. The first-order valence-corrected chi connectivity index (χ1v) is 6.78. The number of nitrogens with one attached hydrogen (secondary N) is 1. The van der Waals surface area contributed by atoms with E-state index in [2.05, 4.69) is 15.0 Å². The lowest BCUT2D eigenvalue weighted by Crippen LogP contribution is -2.04. The summed E-state index contributed by atoms with van der Waals surface area (Å²) in [6, 6.07) is 3.76. The molecular formula is C13H15N5OS. The Kier molecular flexibility index (Phi) is 3.51. The summed E-state index contributed by atoms with van der Waals surface area (Å²) >= 11 is 5.35. The summed E-state index contributed by atoms with van der Waals surface area (Å²) < 4.78 is 9.90. The smallest absolute Gasteiger partial charge is 0.215 e. The van der Waals surface area contributed by atoms with E-state index in [1.54, 1.807) is 13.3 Å². The van der Waals surface area contributed by atoms with Crippen molar-refractivity contribution in [2.24, 2.45) is 0 Å². The molecular weight excluding hydrogens is 274 g/mol. The van der Waals surface area contributed by atoms with Crippen LogP contribution < -0.4 is 4.74 Å². The third-order valence-electron chi connectivity index (χ3n) is 3.16. The number of aryl methyl sites for hydroxylation is 2. The standard InChI is InChI=1S/C13H15N5OS/c1-19-11-4-3-10-12(16-11)18(13(20)15-10)7-2-6-17-8-5-14-9-17/h3-5,8-9H,2,6-7H2,1H3,(H,15,20). The summed E-state index contributed by atoms with van der Waals surface area (Å²) in [6.07, 6.45) is 6.51. The molecule has 0 aliphatic carbocycles. The molecule has 7 heteroatoms. The van der Waals surface area contributed by atoms with Crippen molar-refractivity contribution in [2.75, 3.05) is 7.11 Å². The van der Waals surface area contributed by atoms with Crippen LogP contribution in [0.3, 0.4) is 0 Å². The van der Waals surface area contributed by atoms with Crippen LogP contribution in [0, 0.1) is 4.77 Å². The highest BCUT2D eigenvalue weighted by atomic mass is 32.1. The van der Waals surface area contributed by atoms with Crippen molar-refractivity contribution in [1.29, 1.82) is 0 Å². The zero-order chi connectivity index (χ0) is 13.9. The van der Waals surface area contributed by atoms with E-state index in [-0.39, 0.29) is 0 Å². The van der Waals surface area contributed by atoms with Gasteiger partial charge in [-0.15, -0.1) is 0 Å². The van der Waals surface area contributed by atoms with Crippen molar-refractivity contribution >= 4 is 23.4 Å². The predicted molar refractivity (Wildman–Crippen MR) is 78.3 cm³/mol. The molecule has 0 aliphatic heterocycles. The number of rotatable bonds is 5. The van der Waals surface area contributed by atoms with Gasteiger partial charge in [0.1, 0.15) is 0 Å². The van der Waals surface area contributed by atoms with Crippen molar-refractivity contribution < 1.29 is 4.74 Å². The maximum atomic E-state index is 5.35. The fraction of sp³-hybridized carbons (Fsp3) is 0.308. The Balaban J connectivity index is 1.82. The SMILES string of the molecule is COc1ccc2[nH]c(=S)n(CCCn3ccnc3)c2n1. The van der Waals surface area contributed by atoms with Gasteiger partial charge in [-0.1, -0.05) is 0 Å². The number of pyridine rings is 1. The fourth-order valence-corrected chi connectivity index (χ4v) is 2.45. The Morgan fingerprint density at radius 2 is 2.25 bits per heavy atom. The minimum absolute atomic E-state index is 0.592. The normalized spacial score (nSPS) is 11.1. The third-order valence-corrected chi connectivity index (χ3v) is 3.48. The van der Waals surface area contributed by atoms with Gasteiger partial charge in [-0.05, 0) is 24.7 Å². The number of aromatic amines is 1. The second-order valence-electron chi connectivity index (χ2n) is 4.46. The molecule has 3 heterocycles. The van der Waals surface area contributed by atoms with E-state index >= 15 is 0 Å². The summed E-state index contributed by atoms with van der Waals surface area (Å²) in [6.45, 7) is 1.70. The van der Waals surface area contributed by atoms with Gasteiger partial charge < -0.3 is 18.9 Å². The lowest BCUT2D eigenvalue weighted by molar-refractivity contribution is 0.398. The summed E-state index contributed by atoms with van der Waals surface area (Å²) in [5, 5.41) is 0. The molecule has 0 saturated heterocycles. The van der Waals surface area contributed by atoms with Gasteiger partial charge in [-0.3, -0.25) is 0 Å². The van der Waals surface area contributed by atoms with Crippen molar-refractivity contribution in [3.63, 3.8) is 0 Å². The number of H-pyrrole nitrogens is 1. The lowest BCUT2D eigenvalue weighted by atomic mass is 10.4. The number of aromatic nitrogens is 5. The van der Waals surface area contributed by atoms with Gasteiger partial charge in [0.05, 0.1) is 19.0 Å². The van der Waals surface area contributed by atoms with E-state index in [1.165, 1.54) is 0 Å². The first kappa shape index (κ1) is 12.9. The molecule has 3 aromatic heterocycles. The second kappa shape index (κ2) is 5.46. The lowest BCUT2D eigenvalue weighted by Gasteiger charge is -2.05. The van der Waals surface area contributed by atoms with Gasteiger partial charge in [0, 0.05) is 31.5 Å². The summed E-state index contributed by atoms with van der Waals surface area (Å²) in [4.78, 5) is 11.6. The van der Waals surface area contributed by atoms with E-state index in [0.29, 0.717) is 10.7 Å². The molecule has 0 radical (unpaired) electrons. The van der Waals surface area contributed by atoms with Gasteiger partial charge in [-0.25, -0.2) is 4.98 Å². The maximum absolute atomic E-state index is 5.35. The third kappa shape index (κ3) is 2.44. The first-order valence-electron chi connectivity index (χ1n) is 6.37. The maximum Gasteiger partial charge on any atom is 0.215 e. The van der Waals surface area contributed by atoms with E-state index in [0.717, 1.165) is 30.7 Å². The molecule has 0 aliphatic rings. The molecule has 0 bridgehead atoms. The average molecular weight is 289 g/mol. The molecule has 3 rings (SSSR count). The Morgan fingerprint density at radius 1 is 1.35 bits per heavy atom. The molecule has 6 nitrogen and oxygen atoms in total. The largest absolute Gasteiger partial charge is 0.481 e. The number of imidazole rings is 2. The number of hydrogen-bond donors (Lipinski definition) is 1. The summed E-state index contributed by atoms with van der Waals surface area (Å²) in [7, 11) is 1.61. The fourth-order valence-electron chi connectivity index (χ4n) is 2.16. The highest BCUT2D eigenvalue weighted by molar-refractivity contribution is 7.71. The van der Waals surface area contributed by atoms with Crippen molar-refractivity contribution in [2.45, 2.75) is 19.5 Å². The number of fused-ring (bicyclic) bond motifs is 1. The van der Waals surface area contributed by atoms with Gasteiger partial charge in [0.2, 0.25) is 5.88 Å². The van der Waals surface area contributed by atoms with Gasteiger partial charge in [0.15, 0.2) is 10.4 Å². The molecule has 0 atom stereocenters. The molecule has 3 aromatic rings. The number of ether oxygens (including phenoxy) is 1. The van der Waals surface area contributed by atoms with Crippen LogP contribution in [-0.4, -0.2) is 31.2 Å². The zero-order valence-corrected chi connectivity index (χ0v) is 11.9. The van der Waals surface area contributed by atoms with Crippen LogP contribution in [0.15, 0.2) is 30.9 Å². The minimum Gasteiger partial charge on any atom is -0.481 e. The average Bonchev–Trinajstić information content (AvgIpc) is 3.07. The molecule has 0 saturated carbocycles. The van der Waals surface area contributed by atoms with Crippen molar-refractivity contribution in [3.05, 3.63) is 35.6 Å². The number of hydrogen-bond acceptors (Lipinski definition) is 4. The van der Waals surface area contributed by atoms with E-state index in [9.17, 15) is 0 Å². The Labute approximate surface area is 121 Å². The Morgan fingerprint density at radius 3 is 3.00 bits per heavy atom. The van der Waals surface area contributed by atoms with Crippen LogP contribution >= 0.6 is 12.2 Å². The van der Waals surface area contributed by atoms with Crippen LogP contribution in [0.5, 0.6) is 5.88 Å². The quantitative estimate of drug-likeness (QED) is 0.733. The summed E-state index contributed by atoms with van der Waals surface area (Å²) in [5.74, 6) is 0.592. The van der Waals surface area contributed by atoms with Crippen LogP contribution in [0.4, 0.5) is 0 Å². The molecule has 0 unspecified atom stereocenters. The monoisotopic (exact) mass is 289 g/mol. The zero-order valence-electron chi connectivity index (χ0n) is 11.1. The highest BCUT2D eigenvalue weighted by Crippen LogP contribution is 2.16. The van der Waals surface area contributed by atoms with Crippen LogP contribution in [-0.2, 0) is 13.1 Å². The van der Waals surface area contributed by atoms with Crippen molar-refractivity contribution in [3.8, 4) is 5.88 Å². The van der Waals surface area contributed by atoms with Crippen LogP contribution in [0.2, 0.25) is 0 Å². The minimum atomic E-state index is 0.592. The van der Waals surface area contributed by atoms with Crippen LogP contribution in [0.1, 0.15) is 6.42 Å². The molecule has 0 fully saturated rings. The van der Waals surface area contributed by atoms with Gasteiger partial charge in [-0.2, -0.15) is 4.98 Å². The molecule has 20 heavy (non-hydrogen) atoms. The van der Waals surface area contributed by atoms with Gasteiger partial charge >= 0.3 is 0 Å².